The summed E-state index contributed by atoms with van der Waals surface area (Å²) in [7, 11) is 0. The summed E-state index contributed by atoms with van der Waals surface area (Å²) in [4.78, 5) is 13.1. The number of hydrogen-bond acceptors (Lipinski definition) is 2. The van der Waals surface area contributed by atoms with Crippen molar-refractivity contribution in [1.29, 1.82) is 0 Å². The van der Waals surface area contributed by atoms with Crippen LogP contribution in [0, 0.1) is 0 Å². The maximum absolute atomic E-state index is 11.0. The van der Waals surface area contributed by atoms with Gasteiger partial charge >= 0.3 is 5.97 Å². The number of carboxylic acids is 1. The fourth-order valence-corrected chi connectivity index (χ4v) is 2.43. The molecule has 16 heavy (non-hydrogen) atoms. The van der Waals surface area contributed by atoms with Crippen molar-refractivity contribution in [3.05, 3.63) is 35.9 Å². The fraction of sp³-hybridized carbons (Fsp3) is 0.462. The molecule has 1 fully saturated rings. The van der Waals surface area contributed by atoms with Crippen LogP contribution in [-0.4, -0.2) is 28.6 Å². The molecule has 3 nitrogen and oxygen atoms in total. The summed E-state index contributed by atoms with van der Waals surface area (Å²) in [6.07, 6.45) is 2.14. The molecule has 1 aliphatic heterocycles. The summed E-state index contributed by atoms with van der Waals surface area (Å²) in [6.45, 7) is 2.65. The van der Waals surface area contributed by atoms with E-state index in [1.165, 1.54) is 5.56 Å². The van der Waals surface area contributed by atoms with Crippen molar-refractivity contribution in [3.8, 4) is 0 Å². The van der Waals surface area contributed by atoms with E-state index < -0.39 is 12.0 Å². The summed E-state index contributed by atoms with van der Waals surface area (Å²) >= 11 is 0. The highest BCUT2D eigenvalue weighted by molar-refractivity contribution is 5.73. The van der Waals surface area contributed by atoms with Crippen molar-refractivity contribution in [2.45, 2.75) is 31.8 Å². The lowest BCUT2D eigenvalue weighted by atomic mass is 10.0. The van der Waals surface area contributed by atoms with E-state index >= 15 is 0 Å². The first-order chi connectivity index (χ1) is 7.70. The Morgan fingerprint density at radius 2 is 2.12 bits per heavy atom. The van der Waals surface area contributed by atoms with Gasteiger partial charge in [0.05, 0.1) is 0 Å². The van der Waals surface area contributed by atoms with Crippen LogP contribution < -0.4 is 0 Å². The van der Waals surface area contributed by atoms with E-state index in [4.69, 9.17) is 5.11 Å². The molecule has 1 N–H and O–H groups in total. The van der Waals surface area contributed by atoms with Crippen LogP contribution in [0.25, 0.3) is 0 Å². The van der Waals surface area contributed by atoms with Gasteiger partial charge in [0.1, 0.15) is 6.04 Å². The molecular weight excluding hydrogens is 202 g/mol. The van der Waals surface area contributed by atoms with E-state index in [2.05, 4.69) is 17.0 Å². The van der Waals surface area contributed by atoms with E-state index in [0.29, 0.717) is 0 Å². The van der Waals surface area contributed by atoms with Gasteiger partial charge in [-0.25, -0.2) is 0 Å². The lowest BCUT2D eigenvalue weighted by molar-refractivity contribution is -0.143. The van der Waals surface area contributed by atoms with Gasteiger partial charge in [-0.05, 0) is 31.9 Å². The topological polar surface area (TPSA) is 40.5 Å². The molecule has 0 bridgehead atoms. The van der Waals surface area contributed by atoms with Crippen LogP contribution >= 0.6 is 0 Å². The smallest absolute Gasteiger partial charge is 0.320 e. The number of nitrogens with zero attached hydrogens (tertiary/aromatic N) is 1. The minimum absolute atomic E-state index is 0.271. The van der Waals surface area contributed by atoms with Crippen LogP contribution in [0.5, 0.6) is 0 Å². The van der Waals surface area contributed by atoms with Crippen LogP contribution in [0.1, 0.15) is 31.4 Å². The predicted molar refractivity (Wildman–Crippen MR) is 62.2 cm³/mol. The highest BCUT2D eigenvalue weighted by atomic mass is 16.4. The molecule has 0 aromatic heterocycles. The molecule has 0 radical (unpaired) electrons. The minimum Gasteiger partial charge on any atom is -0.480 e. The number of carbonyl (C=O) groups is 1. The van der Waals surface area contributed by atoms with Crippen molar-refractivity contribution in [2.75, 3.05) is 6.54 Å². The zero-order valence-corrected chi connectivity index (χ0v) is 9.47. The molecule has 0 spiro atoms. The Balaban J connectivity index is 2.18. The van der Waals surface area contributed by atoms with E-state index in [0.717, 1.165) is 19.4 Å². The largest absolute Gasteiger partial charge is 0.480 e. The third-order valence-electron chi connectivity index (χ3n) is 3.33. The summed E-state index contributed by atoms with van der Waals surface area (Å²) in [6, 6.07) is 10.0. The lowest BCUT2D eigenvalue weighted by Crippen LogP contribution is -2.38. The van der Waals surface area contributed by atoms with Gasteiger partial charge in [0, 0.05) is 6.04 Å². The molecule has 2 atom stereocenters. The highest BCUT2D eigenvalue weighted by Crippen LogP contribution is 2.33. The van der Waals surface area contributed by atoms with E-state index in [1.54, 1.807) is 6.92 Å². The zero-order valence-electron chi connectivity index (χ0n) is 9.47. The average Bonchev–Trinajstić information content (AvgIpc) is 2.77. The number of benzene rings is 1. The zero-order chi connectivity index (χ0) is 11.5. The second kappa shape index (κ2) is 4.66. The summed E-state index contributed by atoms with van der Waals surface area (Å²) in [5, 5.41) is 9.07. The number of likely N-dealkylation sites (tertiary alicyclic amines) is 1. The standard InChI is InChI=1S/C13H17NO2/c1-10(13(15)16)14-9-5-8-12(14)11-6-3-2-4-7-11/h2-4,6-7,10,12H,5,8-9H2,1H3,(H,15,16)/t10-,12?/m0/s1. The van der Waals surface area contributed by atoms with Gasteiger partial charge in [0.15, 0.2) is 0 Å². The van der Waals surface area contributed by atoms with Crippen LogP contribution in [0.3, 0.4) is 0 Å². The Hall–Kier alpha value is -1.35. The maximum atomic E-state index is 11.0. The van der Waals surface area contributed by atoms with E-state index in [9.17, 15) is 4.79 Å². The first kappa shape index (κ1) is 11.1. The molecule has 1 aromatic rings. The number of aliphatic carboxylic acids is 1. The van der Waals surface area contributed by atoms with Gasteiger partial charge in [0.2, 0.25) is 0 Å². The monoisotopic (exact) mass is 219 g/mol. The predicted octanol–water partition coefficient (Wildman–Crippen LogP) is 2.30. The molecule has 3 heteroatoms. The molecule has 0 amide bonds. The molecular formula is C13H17NO2. The van der Waals surface area contributed by atoms with Gasteiger partial charge in [-0.15, -0.1) is 0 Å². The quantitative estimate of drug-likeness (QED) is 0.848. The van der Waals surface area contributed by atoms with Crippen LogP contribution in [0.2, 0.25) is 0 Å². The first-order valence-corrected chi connectivity index (χ1v) is 5.73. The van der Waals surface area contributed by atoms with Gasteiger partial charge in [-0.1, -0.05) is 30.3 Å². The first-order valence-electron chi connectivity index (χ1n) is 5.73. The van der Waals surface area contributed by atoms with E-state index in [1.807, 2.05) is 18.2 Å². The summed E-state index contributed by atoms with van der Waals surface area (Å²) in [5.74, 6) is -0.733. The molecule has 2 rings (SSSR count). The number of rotatable bonds is 3. The van der Waals surface area contributed by atoms with Crippen LogP contribution in [0.15, 0.2) is 30.3 Å². The van der Waals surface area contributed by atoms with E-state index in [-0.39, 0.29) is 6.04 Å². The lowest BCUT2D eigenvalue weighted by Gasteiger charge is -2.28. The van der Waals surface area contributed by atoms with Gasteiger partial charge in [0.25, 0.3) is 0 Å². The summed E-state index contributed by atoms with van der Waals surface area (Å²) < 4.78 is 0. The number of carboxylic acid groups (broad SMARTS) is 1. The molecule has 0 saturated carbocycles. The third-order valence-corrected chi connectivity index (χ3v) is 3.33. The Kier molecular flexibility index (Phi) is 3.25. The average molecular weight is 219 g/mol. The van der Waals surface area contributed by atoms with Gasteiger partial charge in [-0.3, -0.25) is 9.69 Å². The third kappa shape index (κ3) is 2.09. The Morgan fingerprint density at radius 1 is 1.44 bits per heavy atom. The molecule has 86 valence electrons. The SMILES string of the molecule is C[C@@H](C(=O)O)N1CCCC1c1ccccc1. The minimum atomic E-state index is -0.733. The second-order valence-corrected chi connectivity index (χ2v) is 4.32. The normalized spacial score (nSPS) is 23.2. The van der Waals surface area contributed by atoms with Crippen LogP contribution in [-0.2, 0) is 4.79 Å². The highest BCUT2D eigenvalue weighted by Gasteiger charge is 2.32. The van der Waals surface area contributed by atoms with Crippen LogP contribution in [0.4, 0.5) is 0 Å². The van der Waals surface area contributed by atoms with Crippen molar-refractivity contribution in [2.24, 2.45) is 0 Å². The van der Waals surface area contributed by atoms with Crippen molar-refractivity contribution < 1.29 is 9.90 Å². The Bertz CT molecular complexity index is 363. The van der Waals surface area contributed by atoms with Crippen molar-refractivity contribution in [1.82, 2.24) is 4.90 Å². The molecule has 1 unspecified atom stereocenters. The molecule has 0 aliphatic carbocycles. The second-order valence-electron chi connectivity index (χ2n) is 4.32. The fourth-order valence-electron chi connectivity index (χ4n) is 2.43. The maximum Gasteiger partial charge on any atom is 0.320 e. The molecule has 1 aliphatic rings. The molecule has 1 saturated heterocycles. The summed E-state index contributed by atoms with van der Waals surface area (Å²) in [5.41, 5.74) is 1.23. The Morgan fingerprint density at radius 3 is 2.75 bits per heavy atom. The molecule has 1 heterocycles. The van der Waals surface area contributed by atoms with Gasteiger partial charge in [-0.2, -0.15) is 0 Å². The molecule has 1 aromatic carbocycles. The van der Waals surface area contributed by atoms with Crippen molar-refractivity contribution in [3.63, 3.8) is 0 Å². The van der Waals surface area contributed by atoms with Crippen molar-refractivity contribution >= 4 is 5.97 Å². The Labute approximate surface area is 95.7 Å². The number of hydrogen-bond donors (Lipinski definition) is 1. The van der Waals surface area contributed by atoms with Gasteiger partial charge < -0.3 is 5.11 Å².